The van der Waals surface area contributed by atoms with Gasteiger partial charge >= 0.3 is 6.09 Å². The zero-order valence-electron chi connectivity index (χ0n) is 14.1. The van der Waals surface area contributed by atoms with Crippen LogP contribution in [0, 0.1) is 5.92 Å². The van der Waals surface area contributed by atoms with Gasteiger partial charge in [0.2, 0.25) is 0 Å². The number of nitrogens with two attached hydrogens (primary N) is 1. The Morgan fingerprint density at radius 3 is 2.70 bits per heavy atom. The highest BCUT2D eigenvalue weighted by molar-refractivity contribution is 5.78. The Bertz CT molecular complexity index is 391. The fourth-order valence-electron chi connectivity index (χ4n) is 2.58. The molecule has 1 aliphatic heterocycles. The summed E-state index contributed by atoms with van der Waals surface area (Å²) in [6, 6.07) is 0.274. The lowest BCUT2D eigenvalue weighted by atomic mass is 10.1. The van der Waals surface area contributed by atoms with Crippen molar-refractivity contribution in [3.05, 3.63) is 0 Å². The van der Waals surface area contributed by atoms with E-state index in [0.717, 1.165) is 38.4 Å². The van der Waals surface area contributed by atoms with E-state index in [-0.39, 0.29) is 12.1 Å². The molecule has 0 aromatic carbocycles. The van der Waals surface area contributed by atoms with E-state index in [0.29, 0.717) is 32.2 Å². The highest BCUT2D eigenvalue weighted by Crippen LogP contribution is 2.28. The van der Waals surface area contributed by atoms with Crippen LogP contribution in [0.15, 0.2) is 4.99 Å². The molecule has 132 valence electrons. The van der Waals surface area contributed by atoms with Crippen LogP contribution in [-0.2, 0) is 9.47 Å². The second-order valence-electron chi connectivity index (χ2n) is 6.24. The molecule has 1 saturated carbocycles. The molecule has 1 heterocycles. The first-order chi connectivity index (χ1) is 11.2. The van der Waals surface area contributed by atoms with E-state index >= 15 is 0 Å². The van der Waals surface area contributed by atoms with Crippen LogP contribution in [0.5, 0.6) is 0 Å². The SMILES string of the molecule is CCOC(=O)N1CCC(NC(N)=NCCCOCC2CC2)CC1. The van der Waals surface area contributed by atoms with Crippen LogP contribution in [0.3, 0.4) is 0 Å². The Labute approximate surface area is 138 Å². The van der Waals surface area contributed by atoms with Crippen molar-refractivity contribution in [1.82, 2.24) is 10.2 Å². The van der Waals surface area contributed by atoms with E-state index in [1.54, 1.807) is 4.90 Å². The summed E-state index contributed by atoms with van der Waals surface area (Å²) in [6.45, 7) is 5.96. The summed E-state index contributed by atoms with van der Waals surface area (Å²) in [5.41, 5.74) is 5.91. The number of guanidine groups is 1. The van der Waals surface area contributed by atoms with Crippen molar-refractivity contribution in [3.8, 4) is 0 Å². The van der Waals surface area contributed by atoms with Gasteiger partial charge in [-0.05, 0) is 44.9 Å². The Balaban J connectivity index is 1.53. The third kappa shape index (κ3) is 7.07. The maximum atomic E-state index is 11.6. The first-order valence-electron chi connectivity index (χ1n) is 8.75. The standard InChI is InChI=1S/C16H30N4O3/c1-2-23-16(21)20-9-6-14(7-10-20)19-15(17)18-8-3-11-22-12-13-4-5-13/h13-14H,2-12H2,1H3,(H3,17,18,19). The van der Waals surface area contributed by atoms with Crippen LogP contribution < -0.4 is 11.1 Å². The van der Waals surface area contributed by atoms with Crippen molar-refractivity contribution in [1.29, 1.82) is 0 Å². The normalized spacial score (nSPS) is 19.7. The molecular weight excluding hydrogens is 296 g/mol. The molecule has 2 fully saturated rings. The summed E-state index contributed by atoms with van der Waals surface area (Å²) in [6.07, 6.45) is 5.04. The van der Waals surface area contributed by atoms with Gasteiger partial charge in [-0.25, -0.2) is 4.79 Å². The third-order valence-corrected chi connectivity index (χ3v) is 4.15. The molecule has 1 aliphatic carbocycles. The van der Waals surface area contributed by atoms with Gasteiger partial charge in [-0.2, -0.15) is 0 Å². The summed E-state index contributed by atoms with van der Waals surface area (Å²) in [5, 5.41) is 3.24. The number of nitrogens with zero attached hydrogens (tertiary/aromatic N) is 2. The van der Waals surface area contributed by atoms with Gasteiger partial charge in [-0.1, -0.05) is 0 Å². The first-order valence-corrected chi connectivity index (χ1v) is 8.75. The van der Waals surface area contributed by atoms with Crippen molar-refractivity contribution in [3.63, 3.8) is 0 Å². The van der Waals surface area contributed by atoms with Gasteiger partial charge < -0.3 is 25.4 Å². The van der Waals surface area contributed by atoms with Gasteiger partial charge in [-0.3, -0.25) is 4.99 Å². The van der Waals surface area contributed by atoms with Crippen molar-refractivity contribution >= 4 is 12.1 Å². The number of likely N-dealkylation sites (tertiary alicyclic amines) is 1. The molecule has 7 heteroatoms. The highest BCUT2D eigenvalue weighted by Gasteiger charge is 2.23. The summed E-state index contributed by atoms with van der Waals surface area (Å²) < 4.78 is 10.6. The molecule has 7 nitrogen and oxygen atoms in total. The molecule has 2 aliphatic rings. The molecule has 0 spiro atoms. The maximum Gasteiger partial charge on any atom is 0.409 e. The van der Waals surface area contributed by atoms with E-state index in [1.807, 2.05) is 6.92 Å². The van der Waals surface area contributed by atoms with Gasteiger partial charge in [0.1, 0.15) is 0 Å². The molecule has 2 rings (SSSR count). The number of aliphatic imine (C=N–C) groups is 1. The number of ether oxygens (including phenoxy) is 2. The van der Waals surface area contributed by atoms with Gasteiger partial charge in [0.15, 0.2) is 5.96 Å². The summed E-state index contributed by atoms with van der Waals surface area (Å²) >= 11 is 0. The predicted molar refractivity (Wildman–Crippen MR) is 89.4 cm³/mol. The topological polar surface area (TPSA) is 89.2 Å². The van der Waals surface area contributed by atoms with Crippen LogP contribution >= 0.6 is 0 Å². The van der Waals surface area contributed by atoms with Crippen molar-refractivity contribution in [2.24, 2.45) is 16.6 Å². The third-order valence-electron chi connectivity index (χ3n) is 4.15. The molecule has 0 unspecified atom stereocenters. The average Bonchev–Trinajstić information content (AvgIpc) is 3.36. The number of carbonyl (C=O) groups excluding carboxylic acids is 1. The number of amides is 1. The molecule has 1 amide bonds. The Morgan fingerprint density at radius 2 is 2.04 bits per heavy atom. The van der Waals surface area contributed by atoms with E-state index < -0.39 is 0 Å². The first kappa shape index (κ1) is 17.8. The lowest BCUT2D eigenvalue weighted by molar-refractivity contribution is 0.0963. The van der Waals surface area contributed by atoms with Crippen LogP contribution in [-0.4, -0.2) is 62.4 Å². The molecular formula is C16H30N4O3. The zero-order valence-corrected chi connectivity index (χ0v) is 14.1. The minimum atomic E-state index is -0.223. The number of nitrogens with one attached hydrogen (secondary N) is 1. The molecule has 0 aromatic heterocycles. The quantitative estimate of drug-likeness (QED) is 0.399. The zero-order chi connectivity index (χ0) is 16.5. The van der Waals surface area contributed by atoms with Crippen molar-refractivity contribution in [2.45, 2.75) is 45.1 Å². The van der Waals surface area contributed by atoms with Crippen LogP contribution in [0.4, 0.5) is 4.79 Å². The van der Waals surface area contributed by atoms with Gasteiger partial charge in [-0.15, -0.1) is 0 Å². The van der Waals surface area contributed by atoms with Crippen molar-refractivity contribution < 1.29 is 14.3 Å². The van der Waals surface area contributed by atoms with E-state index in [2.05, 4.69) is 10.3 Å². The Morgan fingerprint density at radius 1 is 1.30 bits per heavy atom. The van der Waals surface area contributed by atoms with Crippen LogP contribution in [0.2, 0.25) is 0 Å². The minimum Gasteiger partial charge on any atom is -0.450 e. The predicted octanol–water partition coefficient (Wildman–Crippen LogP) is 1.33. The average molecular weight is 326 g/mol. The lowest BCUT2D eigenvalue weighted by Gasteiger charge is -2.31. The largest absolute Gasteiger partial charge is 0.450 e. The molecule has 0 atom stereocenters. The number of hydrogen-bond acceptors (Lipinski definition) is 4. The summed E-state index contributed by atoms with van der Waals surface area (Å²) in [7, 11) is 0. The van der Waals surface area contributed by atoms with E-state index in [4.69, 9.17) is 15.2 Å². The molecule has 0 radical (unpaired) electrons. The second kappa shape index (κ2) is 9.60. The van der Waals surface area contributed by atoms with Gasteiger partial charge in [0.25, 0.3) is 0 Å². The van der Waals surface area contributed by atoms with Crippen molar-refractivity contribution in [2.75, 3.05) is 39.5 Å². The summed E-state index contributed by atoms with van der Waals surface area (Å²) in [4.78, 5) is 17.7. The number of hydrogen-bond donors (Lipinski definition) is 2. The fourth-order valence-corrected chi connectivity index (χ4v) is 2.58. The second-order valence-corrected chi connectivity index (χ2v) is 6.24. The number of carbonyl (C=O) groups is 1. The smallest absolute Gasteiger partial charge is 0.409 e. The van der Waals surface area contributed by atoms with Gasteiger partial charge in [0.05, 0.1) is 6.61 Å². The Hall–Kier alpha value is -1.50. The molecule has 3 N–H and O–H groups in total. The van der Waals surface area contributed by atoms with Gasteiger partial charge in [0, 0.05) is 38.9 Å². The summed E-state index contributed by atoms with van der Waals surface area (Å²) in [5.74, 6) is 1.30. The monoisotopic (exact) mass is 326 g/mol. The van der Waals surface area contributed by atoms with Crippen LogP contribution in [0.1, 0.15) is 39.0 Å². The molecule has 0 bridgehead atoms. The number of piperidine rings is 1. The number of rotatable bonds is 8. The van der Waals surface area contributed by atoms with E-state index in [9.17, 15) is 4.79 Å². The highest BCUT2D eigenvalue weighted by atomic mass is 16.6. The molecule has 1 saturated heterocycles. The lowest BCUT2D eigenvalue weighted by Crippen LogP contribution is -2.48. The van der Waals surface area contributed by atoms with E-state index in [1.165, 1.54) is 12.8 Å². The van der Waals surface area contributed by atoms with Crippen LogP contribution in [0.25, 0.3) is 0 Å². The minimum absolute atomic E-state index is 0.223. The molecule has 0 aromatic rings. The maximum absolute atomic E-state index is 11.6. The fraction of sp³-hybridized carbons (Fsp3) is 0.875. The molecule has 23 heavy (non-hydrogen) atoms. The Kier molecular flexibility index (Phi) is 7.45.